The largest absolute Gasteiger partial charge is 0.351 e. The Hall–Kier alpha value is -1.80. The van der Waals surface area contributed by atoms with Gasteiger partial charge in [-0.25, -0.2) is 16.8 Å². The van der Waals surface area contributed by atoms with Gasteiger partial charge in [-0.2, -0.15) is 13.7 Å². The summed E-state index contributed by atoms with van der Waals surface area (Å²) in [5.41, 5.74) is 0.982. The fourth-order valence-corrected chi connectivity index (χ4v) is 8.33. The van der Waals surface area contributed by atoms with Crippen molar-refractivity contribution >= 4 is 37.3 Å². The van der Waals surface area contributed by atoms with Crippen molar-refractivity contribution in [2.24, 2.45) is 7.05 Å². The Morgan fingerprint density at radius 1 is 1.06 bits per heavy atom. The molecule has 2 aromatic heterocycles. The Labute approximate surface area is 186 Å². The van der Waals surface area contributed by atoms with Crippen molar-refractivity contribution in [1.82, 2.24) is 23.7 Å². The number of rotatable bonds is 6. The molecule has 2 aromatic rings. The zero-order valence-electron chi connectivity index (χ0n) is 18.0. The van der Waals surface area contributed by atoms with Crippen LogP contribution in [-0.4, -0.2) is 67.3 Å². The van der Waals surface area contributed by atoms with E-state index in [1.165, 1.54) is 26.3 Å². The molecule has 1 amide bonds. The molecule has 1 saturated heterocycles. The minimum atomic E-state index is -3.78. The molecule has 31 heavy (non-hydrogen) atoms. The summed E-state index contributed by atoms with van der Waals surface area (Å²) < 4.78 is 57.0. The van der Waals surface area contributed by atoms with Crippen molar-refractivity contribution in [3.8, 4) is 0 Å². The van der Waals surface area contributed by atoms with Crippen molar-refractivity contribution < 1.29 is 21.6 Å². The Kier molecular flexibility index (Phi) is 6.91. The molecule has 0 unspecified atom stereocenters. The van der Waals surface area contributed by atoms with E-state index < -0.39 is 20.0 Å². The summed E-state index contributed by atoms with van der Waals surface area (Å²) in [6.07, 6.45) is 0.390. The van der Waals surface area contributed by atoms with Gasteiger partial charge in [0.1, 0.15) is 9.10 Å². The summed E-state index contributed by atoms with van der Waals surface area (Å²) in [5.74, 6) is -0.189. The summed E-state index contributed by atoms with van der Waals surface area (Å²) >= 11 is 1.10. The molecule has 0 aliphatic carbocycles. The molecule has 1 aliphatic rings. The molecule has 13 heteroatoms. The molecule has 1 aliphatic heterocycles. The van der Waals surface area contributed by atoms with Gasteiger partial charge in [-0.3, -0.25) is 9.48 Å². The zero-order valence-corrected chi connectivity index (χ0v) is 20.4. The number of aromatic nitrogens is 2. The van der Waals surface area contributed by atoms with Gasteiger partial charge in [0.05, 0.1) is 17.9 Å². The van der Waals surface area contributed by atoms with E-state index in [4.69, 9.17) is 0 Å². The van der Waals surface area contributed by atoms with E-state index in [0.717, 1.165) is 16.2 Å². The third-order valence-electron chi connectivity index (χ3n) is 5.20. The van der Waals surface area contributed by atoms with Crippen LogP contribution in [0.15, 0.2) is 21.2 Å². The van der Waals surface area contributed by atoms with Crippen molar-refractivity contribution in [2.45, 2.75) is 42.8 Å². The fraction of sp³-hybridized carbons (Fsp3) is 0.556. The summed E-state index contributed by atoms with van der Waals surface area (Å²) in [6, 6.07) is 3.20. The smallest absolute Gasteiger partial charge is 0.252 e. The first-order valence-corrected chi connectivity index (χ1v) is 13.5. The van der Waals surface area contributed by atoms with Gasteiger partial charge in [-0.15, -0.1) is 11.3 Å². The number of amides is 1. The van der Waals surface area contributed by atoms with E-state index >= 15 is 0 Å². The number of aryl methyl sites for hydroxylation is 2. The molecule has 0 radical (unpaired) electrons. The van der Waals surface area contributed by atoms with Crippen LogP contribution in [0, 0.1) is 13.8 Å². The molecule has 3 heterocycles. The van der Waals surface area contributed by atoms with Gasteiger partial charge in [0.2, 0.25) is 15.9 Å². The average Bonchev–Trinajstić information content (AvgIpc) is 3.14. The Morgan fingerprint density at radius 3 is 2.23 bits per heavy atom. The zero-order chi connectivity index (χ0) is 23.0. The first kappa shape index (κ1) is 23.9. The maximum atomic E-state index is 13.2. The first-order valence-electron chi connectivity index (χ1n) is 9.78. The summed E-state index contributed by atoms with van der Waals surface area (Å²) in [5, 5.41) is 6.84. The lowest BCUT2D eigenvalue weighted by Crippen LogP contribution is -2.37. The lowest BCUT2D eigenvalue weighted by molar-refractivity contribution is -0.119. The van der Waals surface area contributed by atoms with Crippen LogP contribution in [-0.2, 0) is 38.4 Å². The van der Waals surface area contributed by atoms with Crippen LogP contribution in [0.2, 0.25) is 0 Å². The molecule has 172 valence electrons. The molecule has 0 atom stereocenters. The average molecular weight is 490 g/mol. The number of thiophene rings is 1. The predicted molar refractivity (Wildman–Crippen MR) is 117 cm³/mol. The highest BCUT2D eigenvalue weighted by Gasteiger charge is 2.34. The Morgan fingerprint density at radius 2 is 1.68 bits per heavy atom. The lowest BCUT2D eigenvalue weighted by Gasteiger charge is -2.21. The number of carbonyl (C=O) groups is 1. The van der Waals surface area contributed by atoms with E-state index in [-0.39, 0.29) is 47.7 Å². The van der Waals surface area contributed by atoms with Crippen molar-refractivity contribution in [3.63, 3.8) is 0 Å². The molecule has 1 N–H and O–H groups in total. The van der Waals surface area contributed by atoms with E-state index in [0.29, 0.717) is 17.8 Å². The number of nitrogens with zero attached hydrogens (tertiary/aromatic N) is 4. The fourth-order valence-electron chi connectivity index (χ4n) is 3.54. The maximum absolute atomic E-state index is 13.2. The van der Waals surface area contributed by atoms with Gasteiger partial charge >= 0.3 is 0 Å². The second-order valence-corrected chi connectivity index (χ2v) is 12.6. The minimum absolute atomic E-state index is 0.0683. The molecule has 1 fully saturated rings. The SMILES string of the molecule is CC(=O)NCc1ccc(S(=O)(=O)N2CCCN(S(=O)(=O)c3c(C)nn(C)c3C)CC2)s1. The van der Waals surface area contributed by atoms with Gasteiger partial charge in [0.15, 0.2) is 0 Å². The van der Waals surface area contributed by atoms with Crippen LogP contribution < -0.4 is 5.32 Å². The lowest BCUT2D eigenvalue weighted by atomic mass is 10.4. The van der Waals surface area contributed by atoms with Crippen LogP contribution >= 0.6 is 11.3 Å². The second kappa shape index (κ2) is 8.98. The maximum Gasteiger partial charge on any atom is 0.252 e. The predicted octanol–water partition coefficient (Wildman–Crippen LogP) is 0.820. The van der Waals surface area contributed by atoms with Crippen LogP contribution in [0.25, 0.3) is 0 Å². The van der Waals surface area contributed by atoms with Crippen LogP contribution in [0.4, 0.5) is 0 Å². The Bertz CT molecular complexity index is 1180. The summed E-state index contributed by atoms with van der Waals surface area (Å²) in [6.45, 7) is 5.64. The van der Waals surface area contributed by atoms with Crippen LogP contribution in [0.1, 0.15) is 29.6 Å². The van der Waals surface area contributed by atoms with Crippen molar-refractivity contribution in [2.75, 3.05) is 26.2 Å². The van der Waals surface area contributed by atoms with Gasteiger partial charge in [-0.1, -0.05) is 0 Å². The Balaban J connectivity index is 1.77. The third kappa shape index (κ3) is 4.85. The highest BCUT2D eigenvalue weighted by molar-refractivity contribution is 7.91. The normalized spacial score (nSPS) is 16.9. The summed E-state index contributed by atoms with van der Waals surface area (Å²) in [4.78, 5) is 12.0. The number of nitrogens with one attached hydrogen (secondary N) is 1. The molecular formula is C18H27N5O5S3. The van der Waals surface area contributed by atoms with E-state index in [9.17, 15) is 21.6 Å². The first-order chi connectivity index (χ1) is 14.4. The van der Waals surface area contributed by atoms with Crippen LogP contribution in [0.5, 0.6) is 0 Å². The third-order valence-corrected chi connectivity index (χ3v) is 10.8. The van der Waals surface area contributed by atoms with Gasteiger partial charge in [0, 0.05) is 45.0 Å². The minimum Gasteiger partial charge on any atom is -0.351 e. The van der Waals surface area contributed by atoms with E-state index in [2.05, 4.69) is 10.4 Å². The van der Waals surface area contributed by atoms with Gasteiger partial charge < -0.3 is 5.32 Å². The van der Waals surface area contributed by atoms with Gasteiger partial charge in [0.25, 0.3) is 10.0 Å². The topological polar surface area (TPSA) is 122 Å². The van der Waals surface area contributed by atoms with Crippen LogP contribution in [0.3, 0.4) is 0 Å². The van der Waals surface area contributed by atoms with Gasteiger partial charge in [-0.05, 0) is 32.4 Å². The number of carbonyl (C=O) groups excluding carboxylic acids is 1. The highest BCUT2D eigenvalue weighted by Crippen LogP contribution is 2.28. The molecule has 0 spiro atoms. The monoisotopic (exact) mass is 489 g/mol. The van der Waals surface area contributed by atoms with E-state index in [1.54, 1.807) is 27.0 Å². The molecular weight excluding hydrogens is 462 g/mol. The number of hydrogen-bond donors (Lipinski definition) is 1. The number of hydrogen-bond acceptors (Lipinski definition) is 7. The van der Waals surface area contributed by atoms with Crippen molar-refractivity contribution in [1.29, 1.82) is 0 Å². The second-order valence-electron chi connectivity index (χ2n) is 7.42. The molecule has 3 rings (SSSR count). The molecule has 0 saturated carbocycles. The quantitative estimate of drug-likeness (QED) is 0.641. The molecule has 0 aromatic carbocycles. The summed E-state index contributed by atoms with van der Waals surface area (Å²) in [7, 11) is -5.83. The molecule has 10 nitrogen and oxygen atoms in total. The standard InChI is InChI=1S/C18H27N5O5S3/c1-13-18(14(2)21(4)20-13)31(27,28)23-9-5-8-22(10-11-23)30(25,26)17-7-6-16(29-17)12-19-15(3)24/h6-7H,5,8-12H2,1-4H3,(H,19,24). The molecule has 0 bridgehead atoms. The van der Waals surface area contributed by atoms with Crippen molar-refractivity contribution in [3.05, 3.63) is 28.4 Å². The number of sulfonamides is 2. The highest BCUT2D eigenvalue weighted by atomic mass is 32.2. The van der Waals surface area contributed by atoms with E-state index in [1.807, 2.05) is 0 Å².